The van der Waals surface area contributed by atoms with Gasteiger partial charge in [0, 0.05) is 5.69 Å². The number of para-hydroxylation sites is 1. The average molecular weight is 398 g/mol. The maximum atomic E-state index is 13.3. The van der Waals surface area contributed by atoms with Crippen molar-refractivity contribution in [1.29, 1.82) is 0 Å². The third-order valence-electron chi connectivity index (χ3n) is 4.66. The smallest absolute Gasteiger partial charge is 0.282 e. The minimum atomic E-state index is -0.382. The van der Waals surface area contributed by atoms with Gasteiger partial charge >= 0.3 is 0 Å². The molecule has 4 rings (SSSR count). The molecule has 1 aliphatic rings. The number of hydrogen-bond acceptors (Lipinski definition) is 4. The summed E-state index contributed by atoms with van der Waals surface area (Å²) in [5.74, 6) is 0.0137. The van der Waals surface area contributed by atoms with Crippen LogP contribution in [0.2, 0.25) is 0 Å². The lowest BCUT2D eigenvalue weighted by atomic mass is 10.0. The van der Waals surface area contributed by atoms with E-state index < -0.39 is 0 Å². The van der Waals surface area contributed by atoms with Crippen molar-refractivity contribution in [2.24, 2.45) is 0 Å². The molecule has 150 valence electrons. The SMILES string of the molecule is CC(C)Oc1ccc(NC2=C(c3ccccc3)C(=O)N(c3ccccc3)C2=O)cc1. The van der Waals surface area contributed by atoms with Crippen LogP contribution >= 0.6 is 0 Å². The number of amides is 2. The fourth-order valence-corrected chi connectivity index (χ4v) is 3.36. The molecule has 0 bridgehead atoms. The number of benzene rings is 3. The monoisotopic (exact) mass is 398 g/mol. The van der Waals surface area contributed by atoms with Crippen LogP contribution in [0.15, 0.2) is 90.6 Å². The molecular weight excluding hydrogens is 376 g/mol. The van der Waals surface area contributed by atoms with E-state index in [0.29, 0.717) is 22.5 Å². The molecule has 0 aromatic heterocycles. The van der Waals surface area contributed by atoms with Crippen molar-refractivity contribution in [3.05, 3.63) is 96.2 Å². The second-order valence-electron chi connectivity index (χ2n) is 7.21. The highest BCUT2D eigenvalue weighted by Gasteiger charge is 2.40. The number of carbonyl (C=O) groups is 2. The van der Waals surface area contributed by atoms with Gasteiger partial charge in [-0.1, -0.05) is 48.5 Å². The quantitative estimate of drug-likeness (QED) is 0.602. The Morgan fingerprint density at radius 2 is 1.37 bits per heavy atom. The molecule has 0 atom stereocenters. The standard InChI is InChI=1S/C25H22N2O3/c1-17(2)30-21-15-13-19(14-16-21)26-23-22(18-9-5-3-6-10-18)24(28)27(25(23)29)20-11-7-4-8-12-20/h3-17,26H,1-2H3. The molecular formula is C25H22N2O3. The topological polar surface area (TPSA) is 58.6 Å². The van der Waals surface area contributed by atoms with Gasteiger partial charge in [-0.05, 0) is 55.8 Å². The summed E-state index contributed by atoms with van der Waals surface area (Å²) in [7, 11) is 0. The lowest BCUT2D eigenvalue weighted by Crippen LogP contribution is -2.32. The van der Waals surface area contributed by atoms with Gasteiger partial charge in [-0.15, -0.1) is 0 Å². The molecule has 2 amide bonds. The normalized spacial score (nSPS) is 13.9. The molecule has 0 fully saturated rings. The third-order valence-corrected chi connectivity index (χ3v) is 4.66. The van der Waals surface area contributed by atoms with E-state index in [4.69, 9.17) is 4.74 Å². The first-order valence-electron chi connectivity index (χ1n) is 9.82. The molecule has 1 aliphatic heterocycles. The van der Waals surface area contributed by atoms with Crippen LogP contribution in [0, 0.1) is 0 Å². The molecule has 3 aromatic rings. The van der Waals surface area contributed by atoms with Gasteiger partial charge in [-0.3, -0.25) is 9.59 Å². The molecule has 0 unspecified atom stereocenters. The van der Waals surface area contributed by atoms with Crippen LogP contribution < -0.4 is 15.0 Å². The molecule has 0 aliphatic carbocycles. The number of rotatable bonds is 6. The fraction of sp³-hybridized carbons (Fsp3) is 0.120. The van der Waals surface area contributed by atoms with Gasteiger partial charge in [0.25, 0.3) is 11.8 Å². The molecule has 0 radical (unpaired) electrons. The molecule has 1 heterocycles. The molecule has 5 nitrogen and oxygen atoms in total. The molecule has 5 heteroatoms. The van der Waals surface area contributed by atoms with E-state index in [1.54, 1.807) is 24.3 Å². The maximum Gasteiger partial charge on any atom is 0.282 e. The van der Waals surface area contributed by atoms with Gasteiger partial charge < -0.3 is 10.1 Å². The van der Waals surface area contributed by atoms with Crippen molar-refractivity contribution >= 4 is 28.8 Å². The largest absolute Gasteiger partial charge is 0.491 e. The van der Waals surface area contributed by atoms with Crippen LogP contribution in [-0.2, 0) is 9.59 Å². The summed E-state index contributed by atoms with van der Waals surface area (Å²) in [5.41, 5.74) is 2.54. The molecule has 0 saturated heterocycles. The van der Waals surface area contributed by atoms with E-state index in [2.05, 4.69) is 5.32 Å². The summed E-state index contributed by atoms with van der Waals surface area (Å²) in [4.78, 5) is 27.8. The minimum absolute atomic E-state index is 0.0738. The zero-order valence-electron chi connectivity index (χ0n) is 16.8. The van der Waals surface area contributed by atoms with Crippen LogP contribution in [0.1, 0.15) is 19.4 Å². The number of nitrogens with zero attached hydrogens (tertiary/aromatic N) is 1. The first-order chi connectivity index (χ1) is 14.5. The first-order valence-corrected chi connectivity index (χ1v) is 9.82. The Bertz CT molecular complexity index is 1090. The van der Waals surface area contributed by atoms with Crippen molar-refractivity contribution < 1.29 is 14.3 Å². The number of carbonyl (C=O) groups excluding carboxylic acids is 2. The predicted molar refractivity (Wildman–Crippen MR) is 118 cm³/mol. The van der Waals surface area contributed by atoms with Gasteiger partial charge in [0.1, 0.15) is 11.4 Å². The number of ether oxygens (including phenoxy) is 1. The van der Waals surface area contributed by atoms with E-state index in [1.165, 1.54) is 4.90 Å². The Hall–Kier alpha value is -3.86. The minimum Gasteiger partial charge on any atom is -0.491 e. The van der Waals surface area contributed by atoms with E-state index >= 15 is 0 Å². The Morgan fingerprint density at radius 1 is 0.767 bits per heavy atom. The van der Waals surface area contributed by atoms with Gasteiger partial charge in [-0.2, -0.15) is 0 Å². The van der Waals surface area contributed by atoms with Crippen LogP contribution in [0.5, 0.6) is 5.75 Å². The van der Waals surface area contributed by atoms with E-state index in [0.717, 1.165) is 5.75 Å². The van der Waals surface area contributed by atoms with Crippen LogP contribution in [0.4, 0.5) is 11.4 Å². The molecule has 3 aromatic carbocycles. The Labute approximate surface area is 175 Å². The first kappa shape index (κ1) is 19.5. The van der Waals surface area contributed by atoms with Crippen molar-refractivity contribution in [2.45, 2.75) is 20.0 Å². The van der Waals surface area contributed by atoms with E-state index in [1.807, 2.05) is 74.5 Å². The lowest BCUT2D eigenvalue weighted by molar-refractivity contribution is -0.120. The second kappa shape index (κ2) is 8.25. The summed E-state index contributed by atoms with van der Waals surface area (Å²) < 4.78 is 5.67. The van der Waals surface area contributed by atoms with E-state index in [-0.39, 0.29) is 23.6 Å². The summed E-state index contributed by atoms with van der Waals surface area (Å²) in [6.45, 7) is 3.92. The van der Waals surface area contributed by atoms with Gasteiger partial charge in [0.05, 0.1) is 17.4 Å². The van der Waals surface area contributed by atoms with Crippen LogP contribution in [0.3, 0.4) is 0 Å². The number of hydrogen-bond donors (Lipinski definition) is 1. The lowest BCUT2D eigenvalue weighted by Gasteiger charge is -2.15. The Balaban J connectivity index is 1.72. The number of nitrogens with one attached hydrogen (secondary N) is 1. The van der Waals surface area contributed by atoms with E-state index in [9.17, 15) is 9.59 Å². The highest BCUT2D eigenvalue weighted by atomic mass is 16.5. The second-order valence-corrected chi connectivity index (χ2v) is 7.21. The summed E-state index contributed by atoms with van der Waals surface area (Å²) >= 11 is 0. The molecule has 0 spiro atoms. The maximum absolute atomic E-state index is 13.3. The third kappa shape index (κ3) is 3.82. The summed E-state index contributed by atoms with van der Waals surface area (Å²) in [6, 6.07) is 25.5. The number of anilines is 2. The van der Waals surface area contributed by atoms with Crippen molar-refractivity contribution in [3.63, 3.8) is 0 Å². The van der Waals surface area contributed by atoms with Crippen molar-refractivity contribution in [3.8, 4) is 5.75 Å². The number of imide groups is 1. The van der Waals surface area contributed by atoms with Gasteiger partial charge in [-0.25, -0.2) is 4.90 Å². The fourth-order valence-electron chi connectivity index (χ4n) is 3.36. The van der Waals surface area contributed by atoms with Gasteiger partial charge in [0.15, 0.2) is 0 Å². The van der Waals surface area contributed by atoms with Crippen LogP contribution in [0.25, 0.3) is 5.57 Å². The summed E-state index contributed by atoms with van der Waals surface area (Å²) in [5, 5.41) is 3.16. The van der Waals surface area contributed by atoms with Crippen molar-refractivity contribution in [2.75, 3.05) is 10.2 Å². The highest BCUT2D eigenvalue weighted by Crippen LogP contribution is 2.33. The predicted octanol–water partition coefficient (Wildman–Crippen LogP) is 4.87. The Morgan fingerprint density at radius 3 is 1.97 bits per heavy atom. The summed E-state index contributed by atoms with van der Waals surface area (Å²) in [6.07, 6.45) is 0.0738. The van der Waals surface area contributed by atoms with Crippen molar-refractivity contribution in [1.82, 2.24) is 0 Å². The van der Waals surface area contributed by atoms with Gasteiger partial charge in [0.2, 0.25) is 0 Å². The Kier molecular flexibility index (Phi) is 5.35. The molecule has 30 heavy (non-hydrogen) atoms. The zero-order valence-corrected chi connectivity index (χ0v) is 16.8. The molecule has 1 N–H and O–H groups in total. The average Bonchev–Trinajstić information content (AvgIpc) is 3.00. The molecule has 0 saturated carbocycles. The van der Waals surface area contributed by atoms with Crippen LogP contribution in [-0.4, -0.2) is 17.9 Å². The zero-order chi connectivity index (χ0) is 21.1. The highest BCUT2D eigenvalue weighted by molar-refractivity contribution is 6.46.